The highest BCUT2D eigenvalue weighted by atomic mass is 16.6. The zero-order chi connectivity index (χ0) is 17.9. The Balaban J connectivity index is 1.61. The summed E-state index contributed by atoms with van der Waals surface area (Å²) < 4.78 is 5.46. The summed E-state index contributed by atoms with van der Waals surface area (Å²) in [5.74, 6) is 0. The summed E-state index contributed by atoms with van der Waals surface area (Å²) in [5, 5.41) is 3.55. The van der Waals surface area contributed by atoms with E-state index in [4.69, 9.17) is 4.74 Å². The maximum Gasteiger partial charge on any atom is 0.410 e. The largest absolute Gasteiger partial charge is 0.444 e. The number of rotatable bonds is 3. The summed E-state index contributed by atoms with van der Waals surface area (Å²) in [6.07, 6.45) is 0.698. The van der Waals surface area contributed by atoms with Crippen LogP contribution in [0.5, 0.6) is 0 Å². The number of hydrogen-bond donors (Lipinski definition) is 1. The topological polar surface area (TPSA) is 41.6 Å². The van der Waals surface area contributed by atoms with Gasteiger partial charge in [-0.15, -0.1) is 0 Å². The molecule has 1 N–H and O–H groups in total. The van der Waals surface area contributed by atoms with Crippen LogP contribution in [0.4, 0.5) is 10.5 Å². The smallest absolute Gasteiger partial charge is 0.410 e. The number of carbonyl (C=O) groups is 1. The van der Waals surface area contributed by atoms with Gasteiger partial charge in [0.1, 0.15) is 5.60 Å². The molecule has 4 heteroatoms. The molecule has 1 aliphatic rings. The van der Waals surface area contributed by atoms with Gasteiger partial charge in [0.2, 0.25) is 0 Å². The second-order valence-corrected chi connectivity index (χ2v) is 7.50. The Morgan fingerprint density at radius 1 is 1.08 bits per heavy atom. The fourth-order valence-electron chi connectivity index (χ4n) is 3.03. The number of carbonyl (C=O) groups excluding carboxylic acids is 1. The van der Waals surface area contributed by atoms with Crippen molar-refractivity contribution in [2.45, 2.75) is 38.8 Å². The normalized spacial score (nSPS) is 17.4. The minimum absolute atomic E-state index is 0.227. The van der Waals surface area contributed by atoms with Crippen LogP contribution in [0.2, 0.25) is 0 Å². The summed E-state index contributed by atoms with van der Waals surface area (Å²) in [6, 6.07) is 19.0. The van der Waals surface area contributed by atoms with Crippen LogP contribution in [0.25, 0.3) is 11.1 Å². The SMILES string of the molecule is CC(C)(C)OC(=O)N1CC[C@H](Nc2cccc(-c3ccccc3)c2)C1. The summed E-state index contributed by atoms with van der Waals surface area (Å²) in [7, 11) is 0. The number of likely N-dealkylation sites (tertiary alicyclic amines) is 1. The van der Waals surface area contributed by atoms with E-state index in [9.17, 15) is 4.79 Å². The van der Waals surface area contributed by atoms with Crippen molar-refractivity contribution in [3.05, 3.63) is 54.6 Å². The summed E-state index contributed by atoms with van der Waals surface area (Å²) in [5.41, 5.74) is 3.02. The first kappa shape index (κ1) is 17.3. The number of anilines is 1. The molecule has 1 saturated heterocycles. The molecule has 0 saturated carbocycles. The van der Waals surface area contributed by atoms with E-state index in [1.165, 1.54) is 11.1 Å². The molecule has 2 aromatic rings. The van der Waals surface area contributed by atoms with Crippen molar-refractivity contribution in [2.75, 3.05) is 18.4 Å². The Hall–Kier alpha value is -2.49. The lowest BCUT2D eigenvalue weighted by Gasteiger charge is -2.24. The number of hydrogen-bond acceptors (Lipinski definition) is 3. The van der Waals surface area contributed by atoms with Gasteiger partial charge in [-0.3, -0.25) is 0 Å². The molecule has 3 rings (SSSR count). The van der Waals surface area contributed by atoms with E-state index in [1.54, 1.807) is 4.90 Å². The second kappa shape index (κ2) is 7.18. The first-order chi connectivity index (χ1) is 11.9. The van der Waals surface area contributed by atoms with Gasteiger partial charge in [-0.1, -0.05) is 42.5 Å². The molecular formula is C21H26N2O2. The van der Waals surface area contributed by atoms with E-state index in [0.717, 1.165) is 18.7 Å². The predicted molar refractivity (Wildman–Crippen MR) is 102 cm³/mol. The molecular weight excluding hydrogens is 312 g/mol. The van der Waals surface area contributed by atoms with Gasteiger partial charge in [0, 0.05) is 24.8 Å². The van der Waals surface area contributed by atoms with Crippen molar-refractivity contribution in [2.24, 2.45) is 0 Å². The van der Waals surface area contributed by atoms with E-state index in [0.29, 0.717) is 6.54 Å². The molecule has 1 fully saturated rings. The molecule has 0 radical (unpaired) electrons. The fourth-order valence-corrected chi connectivity index (χ4v) is 3.03. The summed E-state index contributed by atoms with van der Waals surface area (Å²) >= 11 is 0. The van der Waals surface area contributed by atoms with Crippen LogP contribution in [0, 0.1) is 0 Å². The highest BCUT2D eigenvalue weighted by molar-refractivity contribution is 5.70. The molecule has 1 atom stereocenters. The van der Waals surface area contributed by atoms with E-state index >= 15 is 0 Å². The van der Waals surface area contributed by atoms with Gasteiger partial charge in [-0.2, -0.15) is 0 Å². The van der Waals surface area contributed by atoms with Crippen LogP contribution in [0.3, 0.4) is 0 Å². The number of nitrogens with one attached hydrogen (secondary N) is 1. The molecule has 0 aromatic heterocycles. The van der Waals surface area contributed by atoms with E-state index in [1.807, 2.05) is 39.0 Å². The number of benzene rings is 2. The third kappa shape index (κ3) is 4.75. The van der Waals surface area contributed by atoms with Crippen molar-refractivity contribution >= 4 is 11.8 Å². The highest BCUT2D eigenvalue weighted by Gasteiger charge is 2.29. The van der Waals surface area contributed by atoms with Crippen molar-refractivity contribution in [3.8, 4) is 11.1 Å². The quantitative estimate of drug-likeness (QED) is 0.876. The summed E-state index contributed by atoms with van der Waals surface area (Å²) in [4.78, 5) is 14.0. The molecule has 1 heterocycles. The highest BCUT2D eigenvalue weighted by Crippen LogP contribution is 2.24. The predicted octanol–water partition coefficient (Wildman–Crippen LogP) is 4.77. The monoisotopic (exact) mass is 338 g/mol. The molecule has 0 spiro atoms. The molecule has 132 valence electrons. The van der Waals surface area contributed by atoms with E-state index in [-0.39, 0.29) is 12.1 Å². The van der Waals surface area contributed by atoms with Crippen LogP contribution in [-0.2, 0) is 4.74 Å². The maximum absolute atomic E-state index is 12.2. The molecule has 0 unspecified atom stereocenters. The van der Waals surface area contributed by atoms with Crippen molar-refractivity contribution in [3.63, 3.8) is 0 Å². The van der Waals surface area contributed by atoms with Crippen LogP contribution >= 0.6 is 0 Å². The van der Waals surface area contributed by atoms with Crippen molar-refractivity contribution in [1.82, 2.24) is 4.90 Å². The molecule has 1 amide bonds. The number of nitrogens with zero attached hydrogens (tertiary/aromatic N) is 1. The van der Waals surface area contributed by atoms with Crippen LogP contribution in [0.15, 0.2) is 54.6 Å². The zero-order valence-corrected chi connectivity index (χ0v) is 15.2. The lowest BCUT2D eigenvalue weighted by Crippen LogP contribution is -2.36. The summed E-state index contributed by atoms with van der Waals surface area (Å²) in [6.45, 7) is 7.08. The Morgan fingerprint density at radius 2 is 1.80 bits per heavy atom. The number of amides is 1. The lowest BCUT2D eigenvalue weighted by molar-refractivity contribution is 0.0293. The van der Waals surface area contributed by atoms with Gasteiger partial charge >= 0.3 is 6.09 Å². The first-order valence-corrected chi connectivity index (χ1v) is 8.81. The van der Waals surface area contributed by atoms with E-state index < -0.39 is 5.60 Å². The lowest BCUT2D eigenvalue weighted by atomic mass is 10.1. The van der Waals surface area contributed by atoms with Gasteiger partial charge in [0.05, 0.1) is 0 Å². The van der Waals surface area contributed by atoms with Gasteiger partial charge in [-0.25, -0.2) is 4.79 Å². The van der Waals surface area contributed by atoms with Gasteiger partial charge < -0.3 is 15.0 Å². The average molecular weight is 338 g/mol. The Labute approximate surface area is 149 Å². The Bertz CT molecular complexity index is 722. The molecule has 25 heavy (non-hydrogen) atoms. The van der Waals surface area contributed by atoms with Crippen LogP contribution < -0.4 is 5.32 Å². The standard InChI is InChI=1S/C21H26N2O2/c1-21(2,3)25-20(24)23-13-12-19(15-23)22-18-11-7-10-17(14-18)16-8-5-4-6-9-16/h4-11,14,19,22H,12-13,15H2,1-3H3/t19-/m0/s1. The number of ether oxygens (including phenoxy) is 1. The molecule has 0 aliphatic carbocycles. The van der Waals surface area contributed by atoms with Crippen LogP contribution in [0.1, 0.15) is 27.2 Å². The minimum Gasteiger partial charge on any atom is -0.444 e. The minimum atomic E-state index is -0.452. The van der Waals surface area contributed by atoms with Crippen LogP contribution in [-0.4, -0.2) is 35.7 Å². The Kier molecular flexibility index (Phi) is 4.98. The van der Waals surface area contributed by atoms with Crippen molar-refractivity contribution < 1.29 is 9.53 Å². The van der Waals surface area contributed by atoms with Gasteiger partial charge in [0.25, 0.3) is 0 Å². The third-order valence-electron chi connectivity index (χ3n) is 4.18. The molecule has 1 aliphatic heterocycles. The molecule has 2 aromatic carbocycles. The van der Waals surface area contributed by atoms with Crippen molar-refractivity contribution in [1.29, 1.82) is 0 Å². The maximum atomic E-state index is 12.2. The average Bonchev–Trinajstić information content (AvgIpc) is 3.03. The Morgan fingerprint density at radius 3 is 2.52 bits per heavy atom. The second-order valence-electron chi connectivity index (χ2n) is 7.50. The third-order valence-corrected chi connectivity index (χ3v) is 4.18. The van der Waals surface area contributed by atoms with Gasteiger partial charge in [0.15, 0.2) is 0 Å². The first-order valence-electron chi connectivity index (χ1n) is 8.81. The van der Waals surface area contributed by atoms with E-state index in [2.05, 4.69) is 41.7 Å². The molecule has 0 bridgehead atoms. The fraction of sp³-hybridized carbons (Fsp3) is 0.381. The molecule has 4 nitrogen and oxygen atoms in total. The van der Waals surface area contributed by atoms with Gasteiger partial charge in [-0.05, 0) is 50.5 Å². The zero-order valence-electron chi connectivity index (χ0n) is 15.2.